The van der Waals surface area contributed by atoms with Crippen LogP contribution in [0.25, 0.3) is 0 Å². The third kappa shape index (κ3) is 3.96. The van der Waals surface area contributed by atoms with E-state index in [-0.39, 0.29) is 12.1 Å². The molecule has 0 aromatic carbocycles. The highest BCUT2D eigenvalue weighted by atomic mass is 16.6. The summed E-state index contributed by atoms with van der Waals surface area (Å²) >= 11 is 0. The third-order valence-electron chi connectivity index (χ3n) is 2.57. The summed E-state index contributed by atoms with van der Waals surface area (Å²) in [7, 11) is 1.65. The molecule has 0 spiro atoms. The number of nitrogens with zero attached hydrogens (tertiary/aromatic N) is 3. The Kier molecular flexibility index (Phi) is 4.61. The first-order valence-corrected chi connectivity index (χ1v) is 5.67. The van der Waals surface area contributed by atoms with Crippen LogP contribution in [0.3, 0.4) is 0 Å². The Morgan fingerprint density at radius 3 is 2.67 bits per heavy atom. The highest BCUT2D eigenvalue weighted by Gasteiger charge is 2.24. The molecular weight excluding hydrogens is 234 g/mol. The van der Waals surface area contributed by atoms with Crippen molar-refractivity contribution in [1.29, 1.82) is 0 Å². The molecule has 0 bridgehead atoms. The van der Waals surface area contributed by atoms with Crippen LogP contribution in [-0.2, 0) is 4.74 Å². The van der Waals surface area contributed by atoms with Crippen molar-refractivity contribution in [3.63, 3.8) is 0 Å². The molecule has 1 aromatic heterocycles. The number of carbonyl (C=O) groups is 1. The molecule has 0 aliphatic heterocycles. The average Bonchev–Trinajstić information content (AvgIpc) is 2.34. The molecular formula is C12H19N3O3. The maximum Gasteiger partial charge on any atom is 0.410 e. The van der Waals surface area contributed by atoms with E-state index >= 15 is 0 Å². The predicted molar refractivity (Wildman–Crippen MR) is 65.9 cm³/mol. The monoisotopic (exact) mass is 253 g/mol. The van der Waals surface area contributed by atoms with Gasteiger partial charge in [-0.15, -0.1) is 0 Å². The van der Waals surface area contributed by atoms with Crippen molar-refractivity contribution < 1.29 is 14.6 Å². The first kappa shape index (κ1) is 14.4. The quantitative estimate of drug-likeness (QED) is 0.880. The van der Waals surface area contributed by atoms with Gasteiger partial charge in [-0.05, 0) is 20.8 Å². The lowest BCUT2D eigenvalue weighted by atomic mass is 10.1. The van der Waals surface area contributed by atoms with Crippen LogP contribution in [0.4, 0.5) is 4.79 Å². The predicted octanol–water partition coefficient (Wildman–Crippen LogP) is 1.38. The topological polar surface area (TPSA) is 75.6 Å². The van der Waals surface area contributed by atoms with E-state index in [1.807, 2.05) is 20.8 Å². The minimum Gasteiger partial charge on any atom is -0.446 e. The van der Waals surface area contributed by atoms with E-state index in [2.05, 4.69) is 9.97 Å². The van der Waals surface area contributed by atoms with Crippen LogP contribution in [0.1, 0.15) is 32.6 Å². The Bertz CT molecular complexity index is 389. The molecule has 6 heteroatoms. The van der Waals surface area contributed by atoms with Crippen molar-refractivity contribution in [2.24, 2.45) is 0 Å². The van der Waals surface area contributed by atoms with Gasteiger partial charge in [-0.1, -0.05) is 0 Å². The summed E-state index contributed by atoms with van der Waals surface area (Å²) in [4.78, 5) is 20.9. The van der Waals surface area contributed by atoms with Gasteiger partial charge in [0, 0.05) is 25.0 Å². The van der Waals surface area contributed by atoms with Crippen LogP contribution in [-0.4, -0.2) is 45.3 Å². The lowest BCUT2D eigenvalue weighted by Crippen LogP contribution is -2.43. The molecule has 1 rings (SSSR count). The molecule has 6 nitrogen and oxygen atoms in total. The van der Waals surface area contributed by atoms with Gasteiger partial charge in [-0.3, -0.25) is 9.97 Å². The van der Waals surface area contributed by atoms with E-state index in [1.165, 1.54) is 23.5 Å². The van der Waals surface area contributed by atoms with E-state index < -0.39 is 12.2 Å². The molecule has 0 aliphatic carbocycles. The van der Waals surface area contributed by atoms with Gasteiger partial charge >= 0.3 is 6.09 Å². The zero-order valence-corrected chi connectivity index (χ0v) is 11.1. The number of carbonyl (C=O) groups excluding carboxylic acids is 1. The first-order chi connectivity index (χ1) is 8.32. The Balaban J connectivity index is 2.49. The maximum atomic E-state index is 11.7. The van der Waals surface area contributed by atoms with Crippen LogP contribution >= 0.6 is 0 Å². The lowest BCUT2D eigenvalue weighted by Gasteiger charge is -2.31. The standard InChI is InChI=1S/C12H19N3O3/c1-12(2,3)15(4)11(17)18-8-10(16)9-7-13-5-6-14-9/h5-7,10,16H,8H2,1-4H3/t10-/m0/s1. The molecule has 0 aliphatic rings. The first-order valence-electron chi connectivity index (χ1n) is 5.67. The Morgan fingerprint density at radius 2 is 2.17 bits per heavy atom. The normalized spacial score (nSPS) is 12.9. The SMILES string of the molecule is CN(C(=O)OC[C@H](O)c1cnccn1)C(C)(C)C. The summed E-state index contributed by atoms with van der Waals surface area (Å²) in [5.74, 6) is 0. The molecule has 0 saturated carbocycles. The third-order valence-corrected chi connectivity index (χ3v) is 2.57. The average molecular weight is 253 g/mol. The number of hydrogen-bond acceptors (Lipinski definition) is 5. The second-order valence-electron chi connectivity index (χ2n) is 4.95. The summed E-state index contributed by atoms with van der Waals surface area (Å²) in [5.41, 5.74) is 0.0536. The van der Waals surface area contributed by atoms with Crippen molar-refractivity contribution in [2.45, 2.75) is 32.4 Å². The maximum absolute atomic E-state index is 11.7. The molecule has 0 radical (unpaired) electrons. The summed E-state index contributed by atoms with van der Waals surface area (Å²) in [6.07, 6.45) is 2.98. The van der Waals surface area contributed by atoms with Gasteiger partial charge in [0.1, 0.15) is 12.7 Å². The zero-order chi connectivity index (χ0) is 13.8. The number of aromatic nitrogens is 2. The molecule has 1 atom stereocenters. The van der Waals surface area contributed by atoms with Crippen LogP contribution in [0.5, 0.6) is 0 Å². The second kappa shape index (κ2) is 5.77. The van der Waals surface area contributed by atoms with E-state index in [4.69, 9.17) is 4.74 Å². The van der Waals surface area contributed by atoms with Crippen molar-refractivity contribution in [2.75, 3.05) is 13.7 Å². The summed E-state index contributed by atoms with van der Waals surface area (Å²) in [6, 6.07) is 0. The molecule has 18 heavy (non-hydrogen) atoms. The number of aliphatic hydroxyl groups excluding tert-OH is 1. The van der Waals surface area contributed by atoms with Crippen molar-refractivity contribution in [1.82, 2.24) is 14.9 Å². The molecule has 1 N–H and O–H groups in total. The molecule has 1 heterocycles. The molecule has 1 aromatic rings. The van der Waals surface area contributed by atoms with E-state index in [9.17, 15) is 9.90 Å². The van der Waals surface area contributed by atoms with E-state index in [0.29, 0.717) is 5.69 Å². The minimum atomic E-state index is -0.962. The fourth-order valence-electron chi connectivity index (χ4n) is 1.09. The minimum absolute atomic E-state index is 0.141. The molecule has 100 valence electrons. The Labute approximate surface area is 107 Å². The van der Waals surface area contributed by atoms with E-state index in [0.717, 1.165) is 0 Å². The van der Waals surface area contributed by atoms with Gasteiger partial charge < -0.3 is 14.7 Å². The summed E-state index contributed by atoms with van der Waals surface area (Å²) in [6.45, 7) is 5.55. The van der Waals surface area contributed by atoms with Crippen molar-refractivity contribution in [3.05, 3.63) is 24.3 Å². The van der Waals surface area contributed by atoms with Gasteiger partial charge in [0.05, 0.1) is 11.9 Å². The van der Waals surface area contributed by atoms with Gasteiger partial charge in [0.15, 0.2) is 0 Å². The van der Waals surface area contributed by atoms with Crippen LogP contribution < -0.4 is 0 Å². The van der Waals surface area contributed by atoms with Gasteiger partial charge in [-0.25, -0.2) is 4.79 Å². The number of rotatable bonds is 3. The Hall–Kier alpha value is -1.69. The van der Waals surface area contributed by atoms with Gasteiger partial charge in [-0.2, -0.15) is 0 Å². The summed E-state index contributed by atoms with van der Waals surface area (Å²) in [5, 5.41) is 9.76. The molecule has 1 amide bonds. The molecule has 0 unspecified atom stereocenters. The highest BCUT2D eigenvalue weighted by molar-refractivity contribution is 5.68. The molecule has 0 saturated heterocycles. The van der Waals surface area contributed by atoms with Crippen LogP contribution in [0.2, 0.25) is 0 Å². The molecule has 0 fully saturated rings. The number of hydrogen-bond donors (Lipinski definition) is 1. The van der Waals surface area contributed by atoms with Crippen molar-refractivity contribution in [3.8, 4) is 0 Å². The highest BCUT2D eigenvalue weighted by Crippen LogP contribution is 2.13. The van der Waals surface area contributed by atoms with E-state index in [1.54, 1.807) is 7.05 Å². The van der Waals surface area contributed by atoms with Gasteiger partial charge in [0.2, 0.25) is 0 Å². The fourth-order valence-corrected chi connectivity index (χ4v) is 1.09. The smallest absolute Gasteiger partial charge is 0.410 e. The second-order valence-corrected chi connectivity index (χ2v) is 4.95. The fraction of sp³-hybridized carbons (Fsp3) is 0.583. The largest absolute Gasteiger partial charge is 0.446 e. The number of amides is 1. The van der Waals surface area contributed by atoms with Crippen LogP contribution in [0, 0.1) is 0 Å². The van der Waals surface area contributed by atoms with Crippen LogP contribution in [0.15, 0.2) is 18.6 Å². The van der Waals surface area contributed by atoms with Gasteiger partial charge in [0.25, 0.3) is 0 Å². The zero-order valence-electron chi connectivity index (χ0n) is 11.1. The Morgan fingerprint density at radius 1 is 1.50 bits per heavy atom. The summed E-state index contributed by atoms with van der Waals surface area (Å²) < 4.78 is 5.02. The number of ether oxygens (including phenoxy) is 1. The van der Waals surface area contributed by atoms with Crippen molar-refractivity contribution >= 4 is 6.09 Å². The lowest BCUT2D eigenvalue weighted by molar-refractivity contribution is 0.0353. The number of aliphatic hydroxyl groups is 1.